The topological polar surface area (TPSA) is 55.6 Å². The number of aliphatic imine (C=N–C) groups is 1. The first-order chi connectivity index (χ1) is 28.2. The van der Waals surface area contributed by atoms with Crippen LogP contribution in [0, 0.1) is 0 Å². The van der Waals surface area contributed by atoms with Gasteiger partial charge in [0.1, 0.15) is 28.5 Å². The number of aromatic nitrogens is 1. The zero-order chi connectivity index (χ0) is 37.5. The minimum absolute atomic E-state index is 0.230. The molecule has 0 spiro atoms. The van der Waals surface area contributed by atoms with Crippen molar-refractivity contribution >= 4 is 77.1 Å². The molecule has 1 aliphatic rings. The first-order valence-corrected chi connectivity index (χ1v) is 19.3. The fraction of sp³-hybridized carbons (Fsp3) is 0.0192. The lowest BCUT2D eigenvalue weighted by atomic mass is 9.99. The Morgan fingerprint density at radius 2 is 1.11 bits per heavy atom. The van der Waals surface area contributed by atoms with E-state index in [0.717, 1.165) is 99.8 Å². The summed E-state index contributed by atoms with van der Waals surface area (Å²) in [5.41, 5.74) is 14.1. The molecule has 0 amide bonds. The molecule has 0 fully saturated rings. The first-order valence-electron chi connectivity index (χ1n) is 19.3. The highest BCUT2D eigenvalue weighted by Crippen LogP contribution is 2.42. The van der Waals surface area contributed by atoms with Crippen molar-refractivity contribution in [2.24, 2.45) is 4.99 Å². The molecule has 4 heterocycles. The van der Waals surface area contributed by atoms with E-state index in [4.69, 9.17) is 13.8 Å². The molecule has 268 valence electrons. The molecule has 1 unspecified atom stereocenters. The van der Waals surface area contributed by atoms with Crippen molar-refractivity contribution in [3.05, 3.63) is 205 Å². The number of hydrogen-bond acceptors (Lipinski definition) is 4. The number of fused-ring (bicyclic) bond motifs is 9. The van der Waals surface area contributed by atoms with Crippen molar-refractivity contribution in [2.75, 3.05) is 0 Å². The van der Waals surface area contributed by atoms with Gasteiger partial charge in [0.25, 0.3) is 0 Å². The molecule has 5 nitrogen and oxygen atoms in total. The van der Waals surface area contributed by atoms with Gasteiger partial charge in [0.2, 0.25) is 0 Å². The highest BCUT2D eigenvalue weighted by atomic mass is 16.3. The van der Waals surface area contributed by atoms with Crippen LogP contribution in [0.15, 0.2) is 202 Å². The lowest BCUT2D eigenvalue weighted by Gasteiger charge is -2.25. The Morgan fingerprint density at radius 1 is 0.456 bits per heavy atom. The number of rotatable bonds is 5. The Bertz CT molecular complexity index is 3440. The molecule has 1 N–H and O–H groups in total. The Balaban J connectivity index is 1.10. The molecule has 0 aliphatic carbocycles. The van der Waals surface area contributed by atoms with Crippen LogP contribution in [0.5, 0.6) is 0 Å². The van der Waals surface area contributed by atoms with E-state index in [0.29, 0.717) is 0 Å². The van der Waals surface area contributed by atoms with Crippen molar-refractivity contribution in [3.63, 3.8) is 0 Å². The van der Waals surface area contributed by atoms with Crippen molar-refractivity contribution < 1.29 is 8.83 Å². The van der Waals surface area contributed by atoms with Gasteiger partial charge in [-0.2, -0.15) is 0 Å². The van der Waals surface area contributed by atoms with Gasteiger partial charge in [-0.15, -0.1) is 0 Å². The largest absolute Gasteiger partial charge is 0.456 e. The summed E-state index contributed by atoms with van der Waals surface area (Å²) in [6.45, 7) is 0. The molecule has 8 aromatic carbocycles. The number of para-hydroxylation sites is 3. The van der Waals surface area contributed by atoms with Crippen LogP contribution in [0.25, 0.3) is 88.2 Å². The van der Waals surface area contributed by atoms with Gasteiger partial charge in [0, 0.05) is 54.8 Å². The number of nitrogens with zero attached hydrogens (tertiary/aromatic N) is 2. The second kappa shape index (κ2) is 12.4. The molecule has 0 bridgehead atoms. The van der Waals surface area contributed by atoms with Crippen molar-refractivity contribution in [1.82, 2.24) is 9.88 Å². The maximum absolute atomic E-state index is 6.70. The number of allylic oxidation sites excluding steroid dienone is 1. The summed E-state index contributed by atoms with van der Waals surface area (Å²) >= 11 is 0. The Hall–Kier alpha value is -7.63. The second-order valence-corrected chi connectivity index (χ2v) is 14.8. The number of hydrogen-bond donors (Lipinski definition) is 1. The third-order valence-electron chi connectivity index (χ3n) is 11.4. The fourth-order valence-corrected chi connectivity index (χ4v) is 8.73. The highest BCUT2D eigenvalue weighted by Gasteiger charge is 2.22. The molecule has 1 atom stereocenters. The van der Waals surface area contributed by atoms with Crippen molar-refractivity contribution in [2.45, 2.75) is 6.17 Å². The summed E-state index contributed by atoms with van der Waals surface area (Å²) < 4.78 is 15.3. The normalized spacial score (nSPS) is 14.5. The molecule has 5 heteroatoms. The predicted molar refractivity (Wildman–Crippen MR) is 234 cm³/mol. The van der Waals surface area contributed by atoms with Gasteiger partial charge in [-0.05, 0) is 71.3 Å². The van der Waals surface area contributed by atoms with Gasteiger partial charge in [-0.1, -0.05) is 133 Å². The first kappa shape index (κ1) is 31.7. The summed E-state index contributed by atoms with van der Waals surface area (Å²) in [6, 6.07) is 64.0. The van der Waals surface area contributed by atoms with Gasteiger partial charge >= 0.3 is 0 Å². The third kappa shape index (κ3) is 5.06. The van der Waals surface area contributed by atoms with E-state index < -0.39 is 0 Å². The molecular weight excluding hydrogens is 699 g/mol. The Labute approximate surface area is 327 Å². The van der Waals surface area contributed by atoms with Gasteiger partial charge in [-0.3, -0.25) is 4.99 Å². The fourth-order valence-electron chi connectivity index (χ4n) is 8.73. The van der Waals surface area contributed by atoms with Gasteiger partial charge in [-0.25, -0.2) is 0 Å². The van der Waals surface area contributed by atoms with E-state index in [9.17, 15) is 0 Å². The zero-order valence-electron chi connectivity index (χ0n) is 30.7. The van der Waals surface area contributed by atoms with Crippen molar-refractivity contribution in [3.8, 4) is 16.8 Å². The summed E-state index contributed by atoms with van der Waals surface area (Å²) in [5, 5.41) is 10.4. The van der Waals surface area contributed by atoms with Crippen LogP contribution in [0.1, 0.15) is 22.9 Å². The summed E-state index contributed by atoms with van der Waals surface area (Å²) in [6.07, 6.45) is 1.95. The Morgan fingerprint density at radius 3 is 1.93 bits per heavy atom. The van der Waals surface area contributed by atoms with Crippen LogP contribution >= 0.6 is 0 Å². The minimum atomic E-state index is -0.230. The molecule has 11 aromatic rings. The molecule has 0 saturated carbocycles. The SMILES string of the molecule is C1=C(c2ccccc2)NC(c2ccccc2)N=C1c1ccc2c3ccccc3n(-c3cc(-c4ccc5oc6ccccc6c5c4)c4oc5ccccc5c4c3)c2c1. The molecule has 12 rings (SSSR count). The average Bonchev–Trinajstić information content (AvgIpc) is 3.95. The standard InChI is InChI=1S/C52H33N3O2/c1-3-13-32(14-4-1)44-31-45(54-52(53-44)33-15-5-2-6-16-33)35-23-25-38-37-17-7-10-20-46(37)55(47(38)28-35)36-29-41(51-43(30-36)40-19-9-12-22-49(40)57-51)34-24-26-50-42(27-34)39-18-8-11-21-48(39)56-50/h1-31,52-53H. The smallest absolute Gasteiger partial charge is 0.145 e. The van der Waals surface area contributed by atoms with Gasteiger partial charge in [0.05, 0.1) is 16.7 Å². The predicted octanol–water partition coefficient (Wildman–Crippen LogP) is 13.4. The summed E-state index contributed by atoms with van der Waals surface area (Å²) in [4.78, 5) is 5.32. The van der Waals surface area contributed by atoms with E-state index in [1.807, 2.05) is 24.3 Å². The van der Waals surface area contributed by atoms with E-state index in [1.54, 1.807) is 0 Å². The number of furan rings is 2. The quantitative estimate of drug-likeness (QED) is 0.192. The molecular formula is C52H33N3O2. The minimum Gasteiger partial charge on any atom is -0.456 e. The number of benzene rings is 8. The van der Waals surface area contributed by atoms with Gasteiger partial charge in [0.15, 0.2) is 0 Å². The van der Waals surface area contributed by atoms with Crippen LogP contribution in [-0.4, -0.2) is 10.3 Å². The van der Waals surface area contributed by atoms with E-state index in [-0.39, 0.29) is 6.17 Å². The lowest BCUT2D eigenvalue weighted by Crippen LogP contribution is -2.24. The lowest BCUT2D eigenvalue weighted by molar-refractivity contribution is 0.664. The van der Waals surface area contributed by atoms with Crippen LogP contribution in [0.2, 0.25) is 0 Å². The zero-order valence-corrected chi connectivity index (χ0v) is 30.7. The van der Waals surface area contributed by atoms with Crippen LogP contribution in [0.4, 0.5) is 0 Å². The highest BCUT2D eigenvalue weighted by molar-refractivity contribution is 6.18. The van der Waals surface area contributed by atoms with E-state index >= 15 is 0 Å². The van der Waals surface area contributed by atoms with Crippen LogP contribution in [-0.2, 0) is 0 Å². The molecule has 3 aromatic heterocycles. The Kier molecular flexibility index (Phi) is 6.92. The maximum Gasteiger partial charge on any atom is 0.145 e. The van der Waals surface area contributed by atoms with E-state index in [2.05, 4.69) is 174 Å². The second-order valence-electron chi connectivity index (χ2n) is 14.8. The molecule has 1 aliphatic heterocycles. The van der Waals surface area contributed by atoms with Crippen LogP contribution < -0.4 is 5.32 Å². The molecule has 0 saturated heterocycles. The third-order valence-corrected chi connectivity index (χ3v) is 11.4. The average molecular weight is 732 g/mol. The van der Waals surface area contributed by atoms with E-state index in [1.165, 1.54) is 10.8 Å². The molecule has 57 heavy (non-hydrogen) atoms. The summed E-state index contributed by atoms with van der Waals surface area (Å²) in [7, 11) is 0. The molecule has 0 radical (unpaired) electrons. The van der Waals surface area contributed by atoms with Gasteiger partial charge < -0.3 is 18.7 Å². The van der Waals surface area contributed by atoms with Crippen LogP contribution in [0.3, 0.4) is 0 Å². The monoisotopic (exact) mass is 731 g/mol. The summed E-state index contributed by atoms with van der Waals surface area (Å²) in [5.74, 6) is 0. The number of nitrogens with one attached hydrogen (secondary N) is 1. The maximum atomic E-state index is 6.70. The van der Waals surface area contributed by atoms with Crippen molar-refractivity contribution in [1.29, 1.82) is 0 Å².